The zero-order chi connectivity index (χ0) is 26.4. The number of rotatable bonds is 10. The molecule has 0 bridgehead atoms. The number of carbonyl (C=O) groups is 2. The van der Waals surface area contributed by atoms with E-state index in [9.17, 15) is 24.8 Å². The van der Waals surface area contributed by atoms with Gasteiger partial charge in [-0.05, 0) is 41.8 Å². The lowest BCUT2D eigenvalue weighted by atomic mass is 9.95. The smallest absolute Gasteiger partial charge is 0.295 e. The summed E-state index contributed by atoms with van der Waals surface area (Å²) < 4.78 is 11.0. The van der Waals surface area contributed by atoms with Crippen LogP contribution in [0.4, 0.5) is 5.69 Å². The van der Waals surface area contributed by atoms with Crippen molar-refractivity contribution < 1.29 is 34.0 Å². The Morgan fingerprint density at radius 1 is 1.11 bits per heavy atom. The van der Waals surface area contributed by atoms with E-state index in [2.05, 4.69) is 0 Å². The first-order valence-electron chi connectivity index (χ1n) is 12.6. The van der Waals surface area contributed by atoms with E-state index in [1.807, 2.05) is 6.92 Å². The molecule has 1 amide bonds. The molecule has 2 aliphatic heterocycles. The van der Waals surface area contributed by atoms with Crippen LogP contribution in [0.3, 0.4) is 0 Å². The van der Waals surface area contributed by atoms with E-state index in [1.165, 1.54) is 34.1 Å². The van der Waals surface area contributed by atoms with Gasteiger partial charge in [0.1, 0.15) is 18.8 Å². The van der Waals surface area contributed by atoms with Crippen LogP contribution in [0.25, 0.3) is 5.76 Å². The molecule has 0 aliphatic carbocycles. The van der Waals surface area contributed by atoms with Crippen molar-refractivity contribution in [3.63, 3.8) is 0 Å². The number of amides is 1. The van der Waals surface area contributed by atoms with Gasteiger partial charge in [-0.1, -0.05) is 24.8 Å². The Balaban J connectivity index is 1.65. The number of benzene rings is 2. The first-order chi connectivity index (χ1) is 17.9. The van der Waals surface area contributed by atoms with E-state index in [4.69, 9.17) is 9.47 Å². The second-order valence-electron chi connectivity index (χ2n) is 9.16. The number of nitrogens with one attached hydrogen (secondary N) is 1. The minimum atomic E-state index is -0.913. The van der Waals surface area contributed by atoms with Crippen molar-refractivity contribution in [2.45, 2.75) is 25.8 Å². The predicted molar refractivity (Wildman–Crippen MR) is 133 cm³/mol. The number of quaternary nitrogens is 1. The number of carbonyl (C=O) groups excluding carboxylic acids is 2. The highest BCUT2D eigenvalue weighted by atomic mass is 16.6. The SMILES string of the molecule is CCCOc1ccc(C([O-])=C2C(=O)C(=O)N(CCC[NH+]3CCOCC3)C2c2ccc([N+](=O)[O-])cc2)cc1. The maximum absolute atomic E-state index is 13.6. The second-order valence-corrected chi connectivity index (χ2v) is 9.16. The maximum atomic E-state index is 13.6. The van der Waals surface area contributed by atoms with Crippen LogP contribution in [0.15, 0.2) is 54.1 Å². The van der Waals surface area contributed by atoms with Crippen molar-refractivity contribution in [3.05, 3.63) is 75.3 Å². The highest BCUT2D eigenvalue weighted by Crippen LogP contribution is 2.39. The summed E-state index contributed by atoms with van der Waals surface area (Å²) in [6.45, 7) is 6.77. The van der Waals surface area contributed by atoms with Gasteiger partial charge in [-0.25, -0.2) is 0 Å². The number of ketones is 1. The van der Waals surface area contributed by atoms with Crippen LogP contribution < -0.4 is 14.7 Å². The first kappa shape index (κ1) is 26.3. The molecular weight excluding hydrogens is 478 g/mol. The van der Waals surface area contributed by atoms with Gasteiger partial charge in [0.15, 0.2) is 0 Å². The van der Waals surface area contributed by atoms with Crippen LogP contribution in [0.2, 0.25) is 0 Å². The molecular formula is C27H31N3O7. The summed E-state index contributed by atoms with van der Waals surface area (Å²) in [6.07, 6.45) is 1.48. The van der Waals surface area contributed by atoms with E-state index >= 15 is 0 Å². The minimum Gasteiger partial charge on any atom is -0.872 e. The van der Waals surface area contributed by atoms with Crippen molar-refractivity contribution >= 4 is 23.1 Å². The lowest BCUT2D eigenvalue weighted by Crippen LogP contribution is -3.14. The number of nitro benzene ring substituents is 1. The molecule has 0 aromatic heterocycles. The Kier molecular flexibility index (Phi) is 8.52. The average molecular weight is 510 g/mol. The molecule has 2 aromatic rings. The highest BCUT2D eigenvalue weighted by molar-refractivity contribution is 6.46. The van der Waals surface area contributed by atoms with Crippen LogP contribution in [0.5, 0.6) is 5.75 Å². The Labute approximate surface area is 215 Å². The summed E-state index contributed by atoms with van der Waals surface area (Å²) >= 11 is 0. The molecule has 1 unspecified atom stereocenters. The van der Waals surface area contributed by atoms with E-state index in [0.29, 0.717) is 37.6 Å². The number of non-ortho nitro benzene ring substituents is 1. The first-order valence-corrected chi connectivity index (χ1v) is 12.6. The Hall–Kier alpha value is -3.76. The van der Waals surface area contributed by atoms with Gasteiger partial charge in [0.25, 0.3) is 11.6 Å². The van der Waals surface area contributed by atoms with Crippen molar-refractivity contribution in [1.82, 2.24) is 4.90 Å². The van der Waals surface area contributed by atoms with Gasteiger partial charge in [-0.15, -0.1) is 0 Å². The van der Waals surface area contributed by atoms with E-state index in [0.717, 1.165) is 26.1 Å². The molecule has 0 spiro atoms. The largest absolute Gasteiger partial charge is 0.872 e. The number of likely N-dealkylation sites (tertiary alicyclic amines) is 1. The molecule has 2 aliphatic rings. The van der Waals surface area contributed by atoms with Gasteiger partial charge in [0.05, 0.1) is 37.3 Å². The van der Waals surface area contributed by atoms with Crippen LogP contribution in [-0.2, 0) is 14.3 Å². The molecule has 2 saturated heterocycles. The summed E-state index contributed by atoms with van der Waals surface area (Å²) in [5.74, 6) is -1.49. The van der Waals surface area contributed by atoms with Crippen LogP contribution in [0, 0.1) is 10.1 Å². The molecule has 0 radical (unpaired) electrons. The second kappa shape index (κ2) is 12.0. The minimum absolute atomic E-state index is 0.114. The highest BCUT2D eigenvalue weighted by Gasteiger charge is 2.44. The third-order valence-corrected chi connectivity index (χ3v) is 6.67. The molecule has 2 fully saturated rings. The van der Waals surface area contributed by atoms with Gasteiger partial charge in [0.2, 0.25) is 5.78 Å². The topological polar surface area (TPSA) is 126 Å². The number of Topliss-reactive ketones (excluding diaryl/α,β-unsaturated/α-hetero) is 1. The molecule has 4 rings (SSSR count). The fourth-order valence-electron chi connectivity index (χ4n) is 4.71. The average Bonchev–Trinajstić information content (AvgIpc) is 3.17. The molecule has 196 valence electrons. The monoisotopic (exact) mass is 509 g/mol. The molecule has 10 heteroatoms. The van der Waals surface area contributed by atoms with E-state index in [1.54, 1.807) is 24.3 Å². The third kappa shape index (κ3) is 5.98. The summed E-state index contributed by atoms with van der Waals surface area (Å²) in [6, 6.07) is 11.2. The summed E-state index contributed by atoms with van der Waals surface area (Å²) in [5.41, 5.74) is 0.499. The fourth-order valence-corrected chi connectivity index (χ4v) is 4.71. The van der Waals surface area contributed by atoms with Gasteiger partial charge >= 0.3 is 0 Å². The van der Waals surface area contributed by atoms with Crippen molar-refractivity contribution in [3.8, 4) is 5.75 Å². The summed E-state index contributed by atoms with van der Waals surface area (Å²) in [5, 5.41) is 24.7. The Bertz CT molecular complexity index is 1160. The van der Waals surface area contributed by atoms with Gasteiger partial charge in [-0.3, -0.25) is 19.7 Å². The number of hydrogen-bond acceptors (Lipinski definition) is 7. The van der Waals surface area contributed by atoms with Crippen molar-refractivity contribution in [1.29, 1.82) is 0 Å². The Morgan fingerprint density at radius 3 is 2.41 bits per heavy atom. The molecule has 2 aromatic carbocycles. The molecule has 0 saturated carbocycles. The number of nitrogens with zero attached hydrogens (tertiary/aromatic N) is 2. The molecule has 37 heavy (non-hydrogen) atoms. The van der Waals surface area contributed by atoms with Crippen molar-refractivity contribution in [2.75, 3.05) is 46.0 Å². The summed E-state index contributed by atoms with van der Waals surface area (Å²) in [4.78, 5) is 39.7. The van der Waals surface area contributed by atoms with Gasteiger partial charge < -0.3 is 24.4 Å². The molecule has 2 heterocycles. The zero-order valence-corrected chi connectivity index (χ0v) is 20.8. The van der Waals surface area contributed by atoms with Crippen LogP contribution >= 0.6 is 0 Å². The van der Waals surface area contributed by atoms with Crippen LogP contribution in [-0.4, -0.2) is 67.5 Å². The molecule has 1 atom stereocenters. The van der Waals surface area contributed by atoms with Gasteiger partial charge in [-0.2, -0.15) is 0 Å². The number of morpholine rings is 1. The zero-order valence-electron chi connectivity index (χ0n) is 20.8. The quantitative estimate of drug-likeness (QED) is 0.166. The van der Waals surface area contributed by atoms with Crippen molar-refractivity contribution in [2.24, 2.45) is 0 Å². The normalized spacial score (nSPS) is 19.8. The summed E-state index contributed by atoms with van der Waals surface area (Å²) in [7, 11) is 0. The number of hydrogen-bond donors (Lipinski definition) is 1. The molecule has 1 N–H and O–H groups in total. The number of ether oxygens (including phenoxy) is 2. The predicted octanol–water partition coefficient (Wildman–Crippen LogP) is 0.913. The van der Waals surface area contributed by atoms with Gasteiger partial charge in [0, 0.05) is 30.7 Å². The molecule has 10 nitrogen and oxygen atoms in total. The lowest BCUT2D eigenvalue weighted by Gasteiger charge is -2.29. The van der Waals surface area contributed by atoms with E-state index in [-0.39, 0.29) is 23.4 Å². The standard InChI is InChI=1S/C27H31N3O7/c1-2-16-37-22-10-6-20(7-11-22)25(31)23-24(19-4-8-21(9-5-19)30(34)35)29(27(33)26(23)32)13-3-12-28-14-17-36-18-15-28/h4-11,24,31H,2-3,12-18H2,1H3. The third-order valence-electron chi connectivity index (χ3n) is 6.67. The maximum Gasteiger partial charge on any atom is 0.295 e. The Morgan fingerprint density at radius 2 is 1.78 bits per heavy atom. The van der Waals surface area contributed by atoms with E-state index < -0.39 is 28.4 Å². The number of nitro groups is 1. The lowest BCUT2D eigenvalue weighted by molar-refractivity contribution is -0.908. The van der Waals surface area contributed by atoms with Crippen LogP contribution in [0.1, 0.15) is 36.9 Å². The fraction of sp³-hybridized carbons (Fsp3) is 0.407.